The van der Waals surface area contributed by atoms with Gasteiger partial charge >= 0.3 is 0 Å². The summed E-state index contributed by atoms with van der Waals surface area (Å²) in [5, 5.41) is 4.72. The second-order valence-electron chi connectivity index (χ2n) is 4.36. The lowest BCUT2D eigenvalue weighted by atomic mass is 10.1. The molecule has 0 aliphatic heterocycles. The number of rotatable bonds is 5. The molecule has 0 atom stereocenters. The fraction of sp³-hybridized carbons (Fsp3) is 0.400. The highest BCUT2D eigenvalue weighted by molar-refractivity contribution is 5.91. The van der Waals surface area contributed by atoms with Crippen molar-refractivity contribution in [1.82, 2.24) is 4.98 Å². The number of anilines is 1. The number of hydrogen-bond donors (Lipinski definition) is 1. The van der Waals surface area contributed by atoms with Gasteiger partial charge in [0.05, 0.1) is 5.52 Å². The molecular formula is C15H20N2. The quantitative estimate of drug-likeness (QED) is 0.836. The monoisotopic (exact) mass is 228 g/mol. The van der Waals surface area contributed by atoms with E-state index in [1.54, 1.807) is 0 Å². The van der Waals surface area contributed by atoms with Crippen LogP contribution < -0.4 is 5.32 Å². The average molecular weight is 228 g/mol. The second kappa shape index (κ2) is 5.67. The highest BCUT2D eigenvalue weighted by atomic mass is 14.9. The van der Waals surface area contributed by atoms with Crippen LogP contribution in [0.25, 0.3) is 10.9 Å². The maximum Gasteiger partial charge on any atom is 0.0726 e. The third-order valence-corrected chi connectivity index (χ3v) is 2.84. The van der Waals surface area contributed by atoms with Gasteiger partial charge in [0.25, 0.3) is 0 Å². The minimum atomic E-state index is 1.01. The van der Waals surface area contributed by atoms with Crippen molar-refractivity contribution in [3.05, 3.63) is 36.0 Å². The Hall–Kier alpha value is -1.57. The number of nitrogens with one attached hydrogen (secondary N) is 1. The maximum atomic E-state index is 4.69. The van der Waals surface area contributed by atoms with E-state index in [0.29, 0.717) is 0 Å². The Labute approximate surface area is 103 Å². The number of aryl methyl sites for hydroxylation is 1. The van der Waals surface area contributed by atoms with Crippen LogP contribution in [0.3, 0.4) is 0 Å². The molecule has 0 radical (unpaired) electrons. The number of para-hydroxylation sites is 1. The fourth-order valence-corrected chi connectivity index (χ4v) is 2.02. The summed E-state index contributed by atoms with van der Waals surface area (Å²) < 4.78 is 0. The summed E-state index contributed by atoms with van der Waals surface area (Å²) in [6.07, 6.45) is 3.32. The van der Waals surface area contributed by atoms with Crippen molar-refractivity contribution in [1.29, 1.82) is 0 Å². The van der Waals surface area contributed by atoms with Gasteiger partial charge in [0.1, 0.15) is 0 Å². The summed E-state index contributed by atoms with van der Waals surface area (Å²) in [6.45, 7) is 5.39. The summed E-state index contributed by atoms with van der Waals surface area (Å²) in [5.41, 5.74) is 3.50. The molecule has 0 spiro atoms. The number of pyridine rings is 1. The van der Waals surface area contributed by atoms with Gasteiger partial charge in [-0.1, -0.05) is 38.5 Å². The number of fused-ring (bicyclic) bond motifs is 1. The van der Waals surface area contributed by atoms with E-state index in [4.69, 9.17) is 4.98 Å². The van der Waals surface area contributed by atoms with Crippen LogP contribution in [0, 0.1) is 0 Å². The van der Waals surface area contributed by atoms with E-state index in [9.17, 15) is 0 Å². The predicted molar refractivity (Wildman–Crippen MR) is 74.5 cm³/mol. The van der Waals surface area contributed by atoms with Gasteiger partial charge in [0, 0.05) is 23.3 Å². The molecule has 17 heavy (non-hydrogen) atoms. The van der Waals surface area contributed by atoms with E-state index >= 15 is 0 Å². The first-order valence-corrected chi connectivity index (χ1v) is 6.47. The molecule has 2 rings (SSSR count). The molecule has 0 saturated heterocycles. The first-order valence-electron chi connectivity index (χ1n) is 6.47. The smallest absolute Gasteiger partial charge is 0.0726 e. The molecule has 0 fully saturated rings. The van der Waals surface area contributed by atoms with E-state index in [1.165, 1.54) is 16.8 Å². The van der Waals surface area contributed by atoms with Crippen molar-refractivity contribution in [2.24, 2.45) is 0 Å². The number of benzene rings is 1. The molecule has 0 amide bonds. The molecule has 1 heterocycles. The van der Waals surface area contributed by atoms with Crippen LogP contribution >= 0.6 is 0 Å². The second-order valence-corrected chi connectivity index (χ2v) is 4.36. The van der Waals surface area contributed by atoms with E-state index in [2.05, 4.69) is 49.5 Å². The number of nitrogens with zero attached hydrogens (tertiary/aromatic N) is 1. The first-order chi connectivity index (χ1) is 8.35. The number of aromatic nitrogens is 1. The van der Waals surface area contributed by atoms with Gasteiger partial charge in [-0.05, 0) is 25.0 Å². The van der Waals surface area contributed by atoms with Gasteiger partial charge in [-0.2, -0.15) is 0 Å². The van der Waals surface area contributed by atoms with Crippen LogP contribution in [0.2, 0.25) is 0 Å². The number of hydrogen-bond acceptors (Lipinski definition) is 2. The van der Waals surface area contributed by atoms with E-state index < -0.39 is 0 Å². The predicted octanol–water partition coefficient (Wildman–Crippen LogP) is 4.01. The first kappa shape index (κ1) is 11.9. The van der Waals surface area contributed by atoms with E-state index in [0.717, 1.165) is 31.3 Å². The molecule has 2 aromatic rings. The van der Waals surface area contributed by atoms with E-state index in [1.807, 2.05) is 0 Å². The Kier molecular flexibility index (Phi) is 3.97. The van der Waals surface area contributed by atoms with Crippen LogP contribution in [0.15, 0.2) is 30.3 Å². The van der Waals surface area contributed by atoms with Gasteiger partial charge in [0.2, 0.25) is 0 Å². The Morgan fingerprint density at radius 2 is 1.94 bits per heavy atom. The topological polar surface area (TPSA) is 24.9 Å². The summed E-state index contributed by atoms with van der Waals surface area (Å²) in [6, 6.07) is 10.5. The fourth-order valence-electron chi connectivity index (χ4n) is 2.02. The van der Waals surface area contributed by atoms with Gasteiger partial charge in [0.15, 0.2) is 0 Å². The zero-order valence-electron chi connectivity index (χ0n) is 10.7. The highest BCUT2D eigenvalue weighted by Crippen LogP contribution is 2.23. The Bertz CT molecular complexity index is 491. The van der Waals surface area contributed by atoms with Gasteiger partial charge in [-0.15, -0.1) is 0 Å². The van der Waals surface area contributed by atoms with Crippen molar-refractivity contribution in [3.63, 3.8) is 0 Å². The third-order valence-electron chi connectivity index (χ3n) is 2.84. The van der Waals surface area contributed by atoms with Crippen molar-refractivity contribution in [2.45, 2.75) is 33.1 Å². The lowest BCUT2D eigenvalue weighted by molar-refractivity contribution is 0.889. The molecule has 1 aromatic carbocycles. The molecule has 0 unspecified atom stereocenters. The SMILES string of the molecule is CCCNc1cc(CCC)nc2ccccc12. The molecule has 0 aliphatic carbocycles. The molecule has 2 nitrogen and oxygen atoms in total. The summed E-state index contributed by atoms with van der Waals surface area (Å²) in [4.78, 5) is 4.69. The van der Waals surface area contributed by atoms with Crippen molar-refractivity contribution in [2.75, 3.05) is 11.9 Å². The zero-order valence-corrected chi connectivity index (χ0v) is 10.7. The summed E-state index contributed by atoms with van der Waals surface area (Å²) >= 11 is 0. The maximum absolute atomic E-state index is 4.69. The van der Waals surface area contributed by atoms with Crippen LogP contribution in [0.1, 0.15) is 32.4 Å². The zero-order chi connectivity index (χ0) is 12.1. The Morgan fingerprint density at radius 3 is 2.71 bits per heavy atom. The molecule has 1 N–H and O–H groups in total. The van der Waals surface area contributed by atoms with E-state index in [-0.39, 0.29) is 0 Å². The van der Waals surface area contributed by atoms with Gasteiger partial charge in [-0.25, -0.2) is 0 Å². The van der Waals surface area contributed by atoms with Crippen LogP contribution in [-0.2, 0) is 6.42 Å². The van der Waals surface area contributed by atoms with Gasteiger partial charge < -0.3 is 5.32 Å². The van der Waals surface area contributed by atoms with Crippen LogP contribution in [0.5, 0.6) is 0 Å². The normalized spacial score (nSPS) is 10.7. The van der Waals surface area contributed by atoms with Crippen molar-refractivity contribution >= 4 is 16.6 Å². The Morgan fingerprint density at radius 1 is 1.12 bits per heavy atom. The lowest BCUT2D eigenvalue weighted by Gasteiger charge is -2.10. The summed E-state index contributed by atoms with van der Waals surface area (Å²) in [7, 11) is 0. The molecule has 0 aliphatic rings. The molecular weight excluding hydrogens is 208 g/mol. The van der Waals surface area contributed by atoms with Crippen LogP contribution in [0.4, 0.5) is 5.69 Å². The average Bonchev–Trinajstić information content (AvgIpc) is 2.36. The van der Waals surface area contributed by atoms with Crippen LogP contribution in [-0.4, -0.2) is 11.5 Å². The molecule has 1 aromatic heterocycles. The minimum absolute atomic E-state index is 1.01. The molecule has 0 saturated carbocycles. The molecule has 2 heteroatoms. The molecule has 90 valence electrons. The van der Waals surface area contributed by atoms with Gasteiger partial charge in [-0.3, -0.25) is 4.98 Å². The highest BCUT2D eigenvalue weighted by Gasteiger charge is 2.04. The van der Waals surface area contributed by atoms with Crippen molar-refractivity contribution in [3.8, 4) is 0 Å². The Balaban J connectivity index is 2.45. The largest absolute Gasteiger partial charge is 0.384 e. The third kappa shape index (κ3) is 2.76. The summed E-state index contributed by atoms with van der Waals surface area (Å²) in [5.74, 6) is 0. The minimum Gasteiger partial charge on any atom is -0.384 e. The molecule has 0 bridgehead atoms. The van der Waals surface area contributed by atoms with Crippen molar-refractivity contribution < 1.29 is 0 Å². The lowest BCUT2D eigenvalue weighted by Crippen LogP contribution is -2.02. The standard InChI is InChI=1S/C15H20N2/c1-3-7-12-11-15(16-10-4-2)13-8-5-6-9-14(13)17-12/h5-6,8-9,11H,3-4,7,10H2,1-2H3,(H,16,17).